The molecule has 0 radical (unpaired) electrons. The second kappa shape index (κ2) is 6.70. The number of halogens is 1. The van der Waals surface area contributed by atoms with Crippen molar-refractivity contribution in [1.29, 1.82) is 0 Å². The predicted molar refractivity (Wildman–Crippen MR) is 79.4 cm³/mol. The third-order valence-corrected chi connectivity index (χ3v) is 3.98. The molecule has 1 amide bonds. The van der Waals surface area contributed by atoms with Gasteiger partial charge in [-0.15, -0.1) is 11.3 Å². The van der Waals surface area contributed by atoms with Crippen LogP contribution >= 0.6 is 22.9 Å². The van der Waals surface area contributed by atoms with Crippen LogP contribution in [0.2, 0.25) is 5.02 Å². The molecule has 0 bridgehead atoms. The molecule has 2 N–H and O–H groups in total. The molecule has 1 atom stereocenters. The lowest BCUT2D eigenvalue weighted by Gasteiger charge is -2.17. The quantitative estimate of drug-likeness (QED) is 0.832. The molecule has 3 nitrogen and oxygen atoms in total. The van der Waals surface area contributed by atoms with E-state index >= 15 is 0 Å². The second-order valence-electron chi connectivity index (χ2n) is 3.99. The Morgan fingerprint density at radius 1 is 1.32 bits per heavy atom. The van der Waals surface area contributed by atoms with Crippen molar-refractivity contribution < 1.29 is 4.79 Å². The molecule has 0 saturated carbocycles. The maximum atomic E-state index is 12.3. The van der Waals surface area contributed by atoms with Crippen molar-refractivity contribution in [2.75, 3.05) is 6.54 Å². The van der Waals surface area contributed by atoms with Gasteiger partial charge in [-0.25, -0.2) is 5.43 Å². The van der Waals surface area contributed by atoms with Gasteiger partial charge in [-0.05, 0) is 23.1 Å². The zero-order valence-corrected chi connectivity index (χ0v) is 12.1. The third kappa shape index (κ3) is 3.35. The summed E-state index contributed by atoms with van der Waals surface area (Å²) in [4.78, 5) is 13.3. The molecule has 1 aromatic carbocycles. The number of hydrogen-bond acceptors (Lipinski definition) is 3. The first-order valence-corrected chi connectivity index (χ1v) is 7.30. The van der Waals surface area contributed by atoms with Crippen molar-refractivity contribution in [2.24, 2.45) is 0 Å². The summed E-state index contributed by atoms with van der Waals surface area (Å²) in [6.07, 6.45) is 0. The Hall–Kier alpha value is -1.36. The first-order valence-electron chi connectivity index (χ1n) is 6.04. The van der Waals surface area contributed by atoms with Gasteiger partial charge in [0.15, 0.2) is 0 Å². The Kier molecular flexibility index (Phi) is 4.96. The Bertz CT molecular complexity index is 542. The van der Waals surface area contributed by atoms with Gasteiger partial charge in [0.25, 0.3) is 0 Å². The number of nitrogens with one attached hydrogen (secondary N) is 2. The van der Waals surface area contributed by atoms with E-state index in [1.807, 2.05) is 42.6 Å². The SMILES string of the molecule is CCNNC(=O)C(c1cccs1)c1ccccc1Cl. The van der Waals surface area contributed by atoms with Gasteiger partial charge in [0, 0.05) is 16.4 Å². The highest BCUT2D eigenvalue weighted by Crippen LogP contribution is 2.32. The van der Waals surface area contributed by atoms with Crippen LogP contribution < -0.4 is 10.9 Å². The van der Waals surface area contributed by atoms with Crippen molar-refractivity contribution in [2.45, 2.75) is 12.8 Å². The van der Waals surface area contributed by atoms with E-state index < -0.39 is 0 Å². The molecule has 0 saturated heterocycles. The molecule has 2 rings (SSSR count). The fourth-order valence-corrected chi connectivity index (χ4v) is 2.92. The van der Waals surface area contributed by atoms with E-state index in [1.165, 1.54) is 0 Å². The van der Waals surface area contributed by atoms with Crippen LogP contribution in [0.15, 0.2) is 41.8 Å². The topological polar surface area (TPSA) is 41.1 Å². The lowest BCUT2D eigenvalue weighted by Crippen LogP contribution is -2.40. The van der Waals surface area contributed by atoms with Crippen molar-refractivity contribution in [1.82, 2.24) is 10.9 Å². The number of carbonyl (C=O) groups excluding carboxylic acids is 1. The Morgan fingerprint density at radius 2 is 2.11 bits per heavy atom. The molecule has 1 heterocycles. The fraction of sp³-hybridized carbons (Fsp3) is 0.214. The minimum Gasteiger partial charge on any atom is -0.291 e. The molecule has 5 heteroatoms. The molecule has 2 aromatic rings. The smallest absolute Gasteiger partial charge is 0.246 e. The Labute approximate surface area is 121 Å². The molecule has 0 aliphatic carbocycles. The molecule has 0 aliphatic heterocycles. The van der Waals surface area contributed by atoms with Crippen LogP contribution in [0.3, 0.4) is 0 Å². The highest BCUT2D eigenvalue weighted by molar-refractivity contribution is 7.10. The van der Waals surface area contributed by atoms with Crippen LogP contribution in [0.25, 0.3) is 0 Å². The van der Waals surface area contributed by atoms with Gasteiger partial charge in [-0.2, -0.15) is 0 Å². The summed E-state index contributed by atoms with van der Waals surface area (Å²) < 4.78 is 0. The number of hydrazine groups is 1. The second-order valence-corrected chi connectivity index (χ2v) is 5.38. The number of amides is 1. The van der Waals surface area contributed by atoms with Gasteiger partial charge in [0.2, 0.25) is 5.91 Å². The predicted octanol–water partition coefficient (Wildman–Crippen LogP) is 3.17. The Balaban J connectivity index is 2.35. The highest BCUT2D eigenvalue weighted by atomic mass is 35.5. The molecular weight excluding hydrogens is 280 g/mol. The van der Waals surface area contributed by atoms with Crippen molar-refractivity contribution in [3.63, 3.8) is 0 Å². The lowest BCUT2D eigenvalue weighted by molar-refractivity contribution is -0.122. The van der Waals surface area contributed by atoms with Crippen molar-refractivity contribution in [3.8, 4) is 0 Å². The van der Waals surface area contributed by atoms with E-state index in [9.17, 15) is 4.79 Å². The third-order valence-electron chi connectivity index (χ3n) is 2.69. The minimum atomic E-state index is -0.382. The first-order chi connectivity index (χ1) is 9.24. The average Bonchev–Trinajstić information content (AvgIpc) is 2.93. The first kappa shape index (κ1) is 14.1. The molecule has 0 fully saturated rings. The lowest BCUT2D eigenvalue weighted by atomic mass is 9.96. The number of thiophene rings is 1. The summed E-state index contributed by atoms with van der Waals surface area (Å²) in [5.41, 5.74) is 6.37. The summed E-state index contributed by atoms with van der Waals surface area (Å²) in [5, 5.41) is 2.56. The van der Waals surface area contributed by atoms with E-state index in [1.54, 1.807) is 17.4 Å². The minimum absolute atomic E-state index is 0.0996. The van der Waals surface area contributed by atoms with Crippen LogP contribution in [0.4, 0.5) is 0 Å². The van der Waals surface area contributed by atoms with Crippen molar-refractivity contribution in [3.05, 3.63) is 57.2 Å². The molecular formula is C14H15ClN2OS. The van der Waals surface area contributed by atoms with Gasteiger partial charge in [0.1, 0.15) is 0 Å². The normalized spacial score (nSPS) is 12.1. The van der Waals surface area contributed by atoms with Crippen LogP contribution in [-0.2, 0) is 4.79 Å². The molecule has 1 aromatic heterocycles. The van der Waals surface area contributed by atoms with Gasteiger partial charge >= 0.3 is 0 Å². The maximum absolute atomic E-state index is 12.3. The summed E-state index contributed by atoms with van der Waals surface area (Å²) in [5.74, 6) is -0.481. The monoisotopic (exact) mass is 294 g/mol. The summed E-state index contributed by atoms with van der Waals surface area (Å²) in [6.45, 7) is 2.60. The average molecular weight is 295 g/mol. The van der Waals surface area contributed by atoms with Crippen LogP contribution in [0.5, 0.6) is 0 Å². The summed E-state index contributed by atoms with van der Waals surface area (Å²) in [7, 11) is 0. The zero-order chi connectivity index (χ0) is 13.7. The standard InChI is InChI=1S/C14H15ClN2OS/c1-2-16-17-14(18)13(12-8-5-9-19-12)10-6-3-4-7-11(10)15/h3-9,13,16H,2H2,1H3,(H,17,18). The molecule has 19 heavy (non-hydrogen) atoms. The van der Waals surface area contributed by atoms with Gasteiger partial charge in [0.05, 0.1) is 5.92 Å². The van der Waals surface area contributed by atoms with Gasteiger partial charge < -0.3 is 0 Å². The van der Waals surface area contributed by atoms with E-state index in [0.29, 0.717) is 11.6 Å². The summed E-state index contributed by atoms with van der Waals surface area (Å²) in [6, 6.07) is 11.3. The van der Waals surface area contributed by atoms with Crippen LogP contribution in [0.1, 0.15) is 23.3 Å². The fourth-order valence-electron chi connectivity index (χ4n) is 1.84. The molecule has 0 aliphatic rings. The number of carbonyl (C=O) groups is 1. The van der Waals surface area contributed by atoms with Gasteiger partial charge in [-0.1, -0.05) is 42.8 Å². The van der Waals surface area contributed by atoms with Crippen molar-refractivity contribution >= 4 is 28.8 Å². The van der Waals surface area contributed by atoms with E-state index in [-0.39, 0.29) is 11.8 Å². The zero-order valence-electron chi connectivity index (χ0n) is 10.5. The highest BCUT2D eigenvalue weighted by Gasteiger charge is 2.25. The van der Waals surface area contributed by atoms with Crippen LogP contribution in [-0.4, -0.2) is 12.5 Å². The molecule has 100 valence electrons. The number of hydrogen-bond donors (Lipinski definition) is 2. The molecule has 0 spiro atoms. The number of benzene rings is 1. The largest absolute Gasteiger partial charge is 0.291 e. The van der Waals surface area contributed by atoms with Crippen LogP contribution in [0, 0.1) is 0 Å². The van der Waals surface area contributed by atoms with Gasteiger partial charge in [-0.3, -0.25) is 10.2 Å². The Morgan fingerprint density at radius 3 is 2.74 bits per heavy atom. The van der Waals surface area contributed by atoms with E-state index in [4.69, 9.17) is 11.6 Å². The van der Waals surface area contributed by atoms with E-state index in [0.717, 1.165) is 10.4 Å². The number of rotatable bonds is 5. The molecule has 1 unspecified atom stereocenters. The maximum Gasteiger partial charge on any atom is 0.246 e. The van der Waals surface area contributed by atoms with E-state index in [2.05, 4.69) is 10.9 Å². The summed E-state index contributed by atoms with van der Waals surface area (Å²) >= 11 is 7.77.